The van der Waals surface area contributed by atoms with Gasteiger partial charge in [-0.1, -0.05) is 71.6 Å². The molecule has 147 valence electrons. The smallest absolute Gasteiger partial charge is 0.279 e. The van der Waals surface area contributed by atoms with Gasteiger partial charge in [-0.05, 0) is 37.1 Å². The predicted octanol–water partition coefficient (Wildman–Crippen LogP) is 5.95. The van der Waals surface area contributed by atoms with Crippen molar-refractivity contribution in [3.8, 4) is 11.5 Å². The van der Waals surface area contributed by atoms with Crippen LogP contribution < -0.4 is 15.2 Å². The van der Waals surface area contributed by atoms with Crippen LogP contribution in [-0.2, 0) is 4.79 Å². The number of unbranched alkanes of at least 4 members (excludes halogenated alkanes) is 9. The fourth-order valence-electron chi connectivity index (χ4n) is 2.88. The van der Waals surface area contributed by atoms with Crippen LogP contribution in [0, 0.1) is 0 Å². The standard InChI is InChI=1S/C22H36NO3/c1-3-5-6-7-8-9-10-11-12-13-18-25-19-14-16-20(17-15-19)26-21(4-2)22(23)24/h14-17,21,23H,3-13,18H2,1-2H3. The maximum Gasteiger partial charge on any atom is 0.279 e. The van der Waals surface area contributed by atoms with Crippen molar-refractivity contribution in [2.24, 2.45) is 0 Å². The maximum absolute atomic E-state index is 11.1. The van der Waals surface area contributed by atoms with Crippen molar-refractivity contribution in [3.63, 3.8) is 0 Å². The van der Waals surface area contributed by atoms with E-state index < -0.39 is 12.0 Å². The third kappa shape index (κ3) is 10.3. The Balaban J connectivity index is 2.06. The van der Waals surface area contributed by atoms with Gasteiger partial charge in [0.15, 0.2) is 6.10 Å². The summed E-state index contributed by atoms with van der Waals surface area (Å²) in [5.74, 6) is 0.732. The number of ether oxygens (including phenoxy) is 2. The molecule has 1 amide bonds. The van der Waals surface area contributed by atoms with Crippen molar-refractivity contribution in [3.05, 3.63) is 24.3 Å². The number of benzene rings is 1. The third-order valence-corrected chi connectivity index (χ3v) is 4.53. The first-order valence-electron chi connectivity index (χ1n) is 10.3. The van der Waals surface area contributed by atoms with Crippen LogP contribution in [0.3, 0.4) is 0 Å². The summed E-state index contributed by atoms with van der Waals surface area (Å²) in [5, 5.41) is 0. The van der Waals surface area contributed by atoms with E-state index in [1.807, 2.05) is 19.1 Å². The summed E-state index contributed by atoms with van der Waals surface area (Å²) in [6.07, 6.45) is 13.0. The molecule has 1 unspecified atom stereocenters. The largest absolute Gasteiger partial charge is 0.494 e. The number of carbonyl (C=O) groups is 1. The van der Waals surface area contributed by atoms with Crippen LogP contribution in [0.2, 0.25) is 0 Å². The van der Waals surface area contributed by atoms with Crippen molar-refractivity contribution in [1.82, 2.24) is 5.73 Å². The Labute approximate surface area is 159 Å². The van der Waals surface area contributed by atoms with Crippen LogP contribution in [0.5, 0.6) is 11.5 Å². The van der Waals surface area contributed by atoms with Gasteiger partial charge in [-0.3, -0.25) is 10.5 Å². The summed E-state index contributed by atoms with van der Waals surface area (Å²) < 4.78 is 11.3. The molecule has 4 heteroatoms. The van der Waals surface area contributed by atoms with Gasteiger partial charge in [0.25, 0.3) is 5.91 Å². The van der Waals surface area contributed by atoms with Crippen LogP contribution in [0.15, 0.2) is 24.3 Å². The van der Waals surface area contributed by atoms with Crippen molar-refractivity contribution >= 4 is 5.91 Å². The second-order valence-electron chi connectivity index (χ2n) is 6.88. The Bertz CT molecular complexity index is 473. The van der Waals surface area contributed by atoms with E-state index in [-0.39, 0.29) is 0 Å². The molecule has 0 aliphatic heterocycles. The molecule has 0 bridgehead atoms. The third-order valence-electron chi connectivity index (χ3n) is 4.53. The molecule has 1 aromatic carbocycles. The minimum Gasteiger partial charge on any atom is -0.494 e. The van der Waals surface area contributed by atoms with Gasteiger partial charge in [0.2, 0.25) is 0 Å². The zero-order valence-corrected chi connectivity index (χ0v) is 16.6. The Morgan fingerprint density at radius 2 is 1.35 bits per heavy atom. The molecule has 4 nitrogen and oxygen atoms in total. The second-order valence-corrected chi connectivity index (χ2v) is 6.88. The predicted molar refractivity (Wildman–Crippen MR) is 107 cm³/mol. The van der Waals surface area contributed by atoms with E-state index in [4.69, 9.17) is 15.2 Å². The van der Waals surface area contributed by atoms with Crippen molar-refractivity contribution in [1.29, 1.82) is 0 Å². The van der Waals surface area contributed by atoms with E-state index in [1.165, 1.54) is 57.8 Å². The lowest BCUT2D eigenvalue weighted by Gasteiger charge is -2.14. The van der Waals surface area contributed by atoms with Gasteiger partial charge in [0.1, 0.15) is 11.5 Å². The molecule has 0 aliphatic carbocycles. The summed E-state index contributed by atoms with van der Waals surface area (Å²) in [6.45, 7) is 4.83. The SMILES string of the molecule is CCCCCCCCCCCCOc1ccc(OC(CC)C([NH])=O)cc1. The fourth-order valence-corrected chi connectivity index (χ4v) is 2.88. The normalized spacial score (nSPS) is 11.9. The molecule has 1 rings (SSSR count). The molecule has 0 aliphatic rings. The number of carbonyl (C=O) groups excluding carboxylic acids is 1. The van der Waals surface area contributed by atoms with Crippen LogP contribution in [0.1, 0.15) is 84.5 Å². The monoisotopic (exact) mass is 362 g/mol. The average Bonchev–Trinajstić information content (AvgIpc) is 2.65. The fraction of sp³-hybridized carbons (Fsp3) is 0.682. The quantitative estimate of drug-likeness (QED) is 0.341. The molecular weight excluding hydrogens is 326 g/mol. The summed E-state index contributed by atoms with van der Waals surface area (Å²) in [7, 11) is 0. The molecule has 1 aromatic rings. The Morgan fingerprint density at radius 3 is 1.85 bits per heavy atom. The van der Waals surface area contributed by atoms with Crippen molar-refractivity contribution in [2.45, 2.75) is 90.6 Å². The molecule has 0 fully saturated rings. The molecular formula is C22H36NO3. The molecule has 0 saturated heterocycles. The first-order valence-corrected chi connectivity index (χ1v) is 10.3. The van der Waals surface area contributed by atoms with Gasteiger partial charge in [0, 0.05) is 0 Å². The molecule has 0 aromatic heterocycles. The van der Waals surface area contributed by atoms with Crippen molar-refractivity contribution in [2.75, 3.05) is 6.61 Å². The van der Waals surface area contributed by atoms with Crippen LogP contribution in [0.25, 0.3) is 0 Å². The number of rotatable bonds is 16. The van der Waals surface area contributed by atoms with Gasteiger partial charge in [-0.2, -0.15) is 0 Å². The van der Waals surface area contributed by atoms with Crippen LogP contribution in [-0.4, -0.2) is 18.6 Å². The molecule has 1 radical (unpaired) electrons. The Kier molecular flexibility index (Phi) is 12.4. The highest BCUT2D eigenvalue weighted by Gasteiger charge is 2.15. The highest BCUT2D eigenvalue weighted by atomic mass is 16.5. The van der Waals surface area contributed by atoms with Crippen LogP contribution >= 0.6 is 0 Å². The van der Waals surface area contributed by atoms with E-state index in [2.05, 4.69) is 6.92 Å². The topological polar surface area (TPSA) is 59.3 Å². The van der Waals surface area contributed by atoms with E-state index in [0.717, 1.165) is 18.8 Å². The minimum atomic E-state index is -0.687. The summed E-state index contributed by atoms with van der Waals surface area (Å²) in [6, 6.07) is 7.29. The first kappa shape index (κ1) is 22.3. The van der Waals surface area contributed by atoms with E-state index in [1.54, 1.807) is 12.1 Å². The lowest BCUT2D eigenvalue weighted by Crippen LogP contribution is -2.27. The Hall–Kier alpha value is -1.71. The molecule has 0 heterocycles. The van der Waals surface area contributed by atoms with E-state index in [9.17, 15) is 4.79 Å². The van der Waals surface area contributed by atoms with Crippen LogP contribution in [0.4, 0.5) is 0 Å². The molecule has 0 spiro atoms. The second kappa shape index (κ2) is 14.5. The van der Waals surface area contributed by atoms with E-state index in [0.29, 0.717) is 12.2 Å². The zero-order chi connectivity index (χ0) is 19.0. The molecule has 1 atom stereocenters. The molecule has 0 saturated carbocycles. The highest BCUT2D eigenvalue weighted by molar-refractivity contribution is 5.78. The van der Waals surface area contributed by atoms with Gasteiger partial charge in [-0.25, -0.2) is 0 Å². The van der Waals surface area contributed by atoms with Gasteiger partial charge in [-0.15, -0.1) is 0 Å². The van der Waals surface area contributed by atoms with Gasteiger partial charge >= 0.3 is 0 Å². The number of hydrogen-bond donors (Lipinski definition) is 0. The Morgan fingerprint density at radius 1 is 0.846 bits per heavy atom. The number of nitrogens with one attached hydrogen (secondary N) is 1. The lowest BCUT2D eigenvalue weighted by atomic mass is 10.1. The van der Waals surface area contributed by atoms with Crippen molar-refractivity contribution < 1.29 is 14.3 Å². The maximum atomic E-state index is 11.1. The summed E-state index contributed by atoms with van der Waals surface area (Å²) in [4.78, 5) is 11.1. The average molecular weight is 363 g/mol. The number of hydrogen-bond acceptors (Lipinski definition) is 3. The summed E-state index contributed by atoms with van der Waals surface area (Å²) in [5.41, 5.74) is 7.15. The van der Waals surface area contributed by atoms with Gasteiger partial charge < -0.3 is 9.47 Å². The minimum absolute atomic E-state index is 0.499. The van der Waals surface area contributed by atoms with E-state index >= 15 is 0 Å². The highest BCUT2D eigenvalue weighted by Crippen LogP contribution is 2.20. The van der Waals surface area contributed by atoms with Gasteiger partial charge in [0.05, 0.1) is 6.61 Å². The first-order chi connectivity index (χ1) is 12.7. The number of amides is 1. The summed E-state index contributed by atoms with van der Waals surface area (Å²) >= 11 is 0. The zero-order valence-electron chi connectivity index (χ0n) is 16.6. The molecule has 26 heavy (non-hydrogen) atoms. The lowest BCUT2D eigenvalue weighted by molar-refractivity contribution is -0.125. The molecule has 1 N–H and O–H groups in total.